The van der Waals surface area contributed by atoms with E-state index in [0.29, 0.717) is 12.4 Å². The Balaban J connectivity index is 1.43. The zero-order valence-electron chi connectivity index (χ0n) is 18.3. The molecule has 2 aromatic heterocycles. The number of nitrogens with one attached hydrogen (secondary N) is 2. The van der Waals surface area contributed by atoms with Crippen LogP contribution in [0.2, 0.25) is 0 Å². The molecule has 0 aliphatic heterocycles. The third-order valence-corrected chi connectivity index (χ3v) is 5.29. The van der Waals surface area contributed by atoms with Gasteiger partial charge in [0, 0.05) is 31.5 Å². The molecule has 0 aliphatic carbocycles. The van der Waals surface area contributed by atoms with Gasteiger partial charge >= 0.3 is 0 Å². The highest BCUT2D eigenvalue weighted by atomic mass is 16.2. The minimum absolute atomic E-state index is 0.141. The van der Waals surface area contributed by atoms with E-state index in [1.54, 1.807) is 18.6 Å². The van der Waals surface area contributed by atoms with E-state index < -0.39 is 6.04 Å². The average molecular weight is 426 g/mol. The Bertz CT molecular complexity index is 1150. The predicted molar refractivity (Wildman–Crippen MR) is 127 cm³/mol. The first kappa shape index (κ1) is 21.5. The van der Waals surface area contributed by atoms with Crippen molar-refractivity contribution in [1.82, 2.24) is 19.9 Å². The van der Waals surface area contributed by atoms with Crippen molar-refractivity contribution < 1.29 is 4.79 Å². The van der Waals surface area contributed by atoms with Crippen LogP contribution in [0.25, 0.3) is 11.3 Å². The number of hydrogen-bond donors (Lipinski definition) is 2. The molecule has 0 unspecified atom stereocenters. The molecule has 2 N–H and O–H groups in total. The van der Waals surface area contributed by atoms with E-state index in [4.69, 9.17) is 0 Å². The van der Waals surface area contributed by atoms with Crippen molar-refractivity contribution in [2.24, 2.45) is 7.05 Å². The van der Waals surface area contributed by atoms with Gasteiger partial charge in [-0.1, -0.05) is 60.2 Å². The van der Waals surface area contributed by atoms with Gasteiger partial charge in [0.25, 0.3) is 0 Å². The number of hydrogen-bond acceptors (Lipinski definition) is 4. The van der Waals surface area contributed by atoms with Gasteiger partial charge in [-0.15, -0.1) is 0 Å². The second-order valence-electron chi connectivity index (χ2n) is 7.88. The summed E-state index contributed by atoms with van der Waals surface area (Å²) in [5, 5.41) is 6.35. The minimum atomic E-state index is -0.473. The van der Waals surface area contributed by atoms with Gasteiger partial charge in [-0.05, 0) is 36.6 Å². The maximum absolute atomic E-state index is 13.1. The summed E-state index contributed by atoms with van der Waals surface area (Å²) in [6, 6.07) is 21.5. The van der Waals surface area contributed by atoms with Gasteiger partial charge in [-0.2, -0.15) is 0 Å². The van der Waals surface area contributed by atoms with Gasteiger partial charge in [0.1, 0.15) is 11.9 Å². The Morgan fingerprint density at radius 2 is 1.78 bits per heavy atom. The lowest BCUT2D eigenvalue weighted by molar-refractivity contribution is -0.118. The summed E-state index contributed by atoms with van der Waals surface area (Å²) in [6.07, 6.45) is 6.24. The molecule has 0 bridgehead atoms. The van der Waals surface area contributed by atoms with Crippen LogP contribution in [0.5, 0.6) is 0 Å². The first-order chi connectivity index (χ1) is 15.6. The number of amides is 1. The Kier molecular flexibility index (Phi) is 6.72. The molecule has 0 saturated heterocycles. The van der Waals surface area contributed by atoms with E-state index in [2.05, 4.69) is 51.8 Å². The molecule has 162 valence electrons. The SMILES string of the molecule is Cc1ccc(CCN[C@@H](C(=O)Nc2ccc(-c3cn(C)cn3)cn2)c2ccccc2)cc1. The van der Waals surface area contributed by atoms with Crippen molar-refractivity contribution in [3.05, 3.63) is 102 Å². The van der Waals surface area contributed by atoms with Crippen molar-refractivity contribution in [3.63, 3.8) is 0 Å². The van der Waals surface area contributed by atoms with E-state index in [-0.39, 0.29) is 5.91 Å². The second kappa shape index (κ2) is 10.0. The number of aryl methyl sites for hydroxylation is 2. The summed E-state index contributed by atoms with van der Waals surface area (Å²) < 4.78 is 1.89. The van der Waals surface area contributed by atoms with Crippen molar-refractivity contribution in [2.45, 2.75) is 19.4 Å². The highest BCUT2D eigenvalue weighted by Crippen LogP contribution is 2.19. The van der Waals surface area contributed by atoms with Crippen LogP contribution in [-0.4, -0.2) is 27.0 Å². The van der Waals surface area contributed by atoms with Crippen LogP contribution >= 0.6 is 0 Å². The predicted octanol–water partition coefficient (Wildman–Crippen LogP) is 4.30. The number of anilines is 1. The quantitative estimate of drug-likeness (QED) is 0.441. The number of nitrogens with zero attached hydrogens (tertiary/aromatic N) is 3. The Morgan fingerprint density at radius 3 is 2.44 bits per heavy atom. The number of rotatable bonds is 8. The van der Waals surface area contributed by atoms with Gasteiger partial charge in [-0.3, -0.25) is 4.79 Å². The fourth-order valence-electron chi connectivity index (χ4n) is 3.50. The number of carbonyl (C=O) groups is 1. The fourth-order valence-corrected chi connectivity index (χ4v) is 3.50. The molecular weight excluding hydrogens is 398 g/mol. The van der Waals surface area contributed by atoms with Crippen molar-refractivity contribution >= 4 is 11.7 Å². The van der Waals surface area contributed by atoms with E-state index in [1.165, 1.54) is 11.1 Å². The molecule has 4 rings (SSSR count). The summed E-state index contributed by atoms with van der Waals surface area (Å²) in [5.41, 5.74) is 5.14. The maximum Gasteiger partial charge on any atom is 0.247 e. The van der Waals surface area contributed by atoms with E-state index in [9.17, 15) is 4.79 Å². The van der Waals surface area contributed by atoms with Gasteiger partial charge < -0.3 is 15.2 Å². The van der Waals surface area contributed by atoms with E-state index >= 15 is 0 Å². The molecule has 2 aromatic carbocycles. The Hall–Kier alpha value is -3.77. The molecule has 1 atom stereocenters. The molecular formula is C26H27N5O. The normalized spacial score (nSPS) is 11.8. The van der Waals surface area contributed by atoms with E-state index in [1.807, 2.05) is 54.2 Å². The van der Waals surface area contributed by atoms with Gasteiger partial charge in [0.05, 0.1) is 12.0 Å². The van der Waals surface area contributed by atoms with Crippen LogP contribution in [0.1, 0.15) is 22.7 Å². The van der Waals surface area contributed by atoms with Crippen LogP contribution in [0.4, 0.5) is 5.82 Å². The molecule has 2 heterocycles. The van der Waals surface area contributed by atoms with Crippen LogP contribution in [0.3, 0.4) is 0 Å². The molecule has 0 saturated carbocycles. The number of imidazole rings is 1. The lowest BCUT2D eigenvalue weighted by atomic mass is 10.1. The van der Waals surface area contributed by atoms with Gasteiger partial charge in [0.2, 0.25) is 5.91 Å². The van der Waals surface area contributed by atoms with Crippen molar-refractivity contribution in [2.75, 3.05) is 11.9 Å². The van der Waals surface area contributed by atoms with Gasteiger partial charge in [-0.25, -0.2) is 9.97 Å². The summed E-state index contributed by atoms with van der Waals surface area (Å²) in [7, 11) is 1.92. The first-order valence-corrected chi connectivity index (χ1v) is 10.7. The van der Waals surface area contributed by atoms with Crippen LogP contribution in [0.15, 0.2) is 85.5 Å². The van der Waals surface area contributed by atoms with Crippen molar-refractivity contribution in [1.29, 1.82) is 0 Å². The largest absolute Gasteiger partial charge is 0.340 e. The maximum atomic E-state index is 13.1. The molecule has 0 spiro atoms. The third kappa shape index (κ3) is 5.47. The zero-order valence-corrected chi connectivity index (χ0v) is 18.3. The lowest BCUT2D eigenvalue weighted by Crippen LogP contribution is -2.34. The Morgan fingerprint density at radius 1 is 1.00 bits per heavy atom. The topological polar surface area (TPSA) is 71.8 Å². The number of carbonyl (C=O) groups excluding carboxylic acids is 1. The lowest BCUT2D eigenvalue weighted by Gasteiger charge is -2.19. The zero-order chi connectivity index (χ0) is 22.3. The van der Waals surface area contributed by atoms with Gasteiger partial charge in [0.15, 0.2) is 0 Å². The van der Waals surface area contributed by atoms with Crippen molar-refractivity contribution in [3.8, 4) is 11.3 Å². The first-order valence-electron chi connectivity index (χ1n) is 10.7. The Labute approximate surface area is 188 Å². The average Bonchev–Trinajstić information content (AvgIpc) is 3.25. The smallest absolute Gasteiger partial charge is 0.247 e. The fraction of sp³-hybridized carbons (Fsp3) is 0.192. The summed E-state index contributed by atoms with van der Waals surface area (Å²) in [5.74, 6) is 0.370. The number of aromatic nitrogens is 3. The number of pyridine rings is 1. The standard InChI is InChI=1S/C26H27N5O/c1-19-8-10-20(11-9-19)14-15-27-25(21-6-4-3-5-7-21)26(32)30-24-13-12-22(16-28-24)23-17-31(2)18-29-23/h3-13,16-18,25,27H,14-15H2,1-2H3,(H,28,30,32)/t25-/m1/s1. The molecule has 0 fully saturated rings. The molecule has 0 aliphatic rings. The van der Waals surface area contributed by atoms with E-state index in [0.717, 1.165) is 23.2 Å². The summed E-state index contributed by atoms with van der Waals surface area (Å²) in [6.45, 7) is 2.76. The highest BCUT2D eigenvalue weighted by molar-refractivity contribution is 5.94. The van der Waals surface area contributed by atoms with Crippen LogP contribution < -0.4 is 10.6 Å². The van der Waals surface area contributed by atoms with Crippen LogP contribution in [0, 0.1) is 6.92 Å². The molecule has 1 amide bonds. The third-order valence-electron chi connectivity index (χ3n) is 5.29. The summed E-state index contributed by atoms with van der Waals surface area (Å²) in [4.78, 5) is 21.9. The second-order valence-corrected chi connectivity index (χ2v) is 7.88. The molecule has 32 heavy (non-hydrogen) atoms. The van der Waals surface area contributed by atoms with Crippen LogP contribution in [-0.2, 0) is 18.3 Å². The monoisotopic (exact) mass is 425 g/mol. The number of benzene rings is 2. The summed E-state index contributed by atoms with van der Waals surface area (Å²) >= 11 is 0. The molecule has 6 heteroatoms. The molecule has 4 aromatic rings. The highest BCUT2D eigenvalue weighted by Gasteiger charge is 2.20. The molecule has 0 radical (unpaired) electrons. The minimum Gasteiger partial charge on any atom is -0.340 e. The molecule has 6 nitrogen and oxygen atoms in total.